The van der Waals surface area contributed by atoms with Crippen LogP contribution in [-0.2, 0) is 10.2 Å². The largest absolute Gasteiger partial charge is 0.325 e. The molecule has 2 aromatic rings. The summed E-state index contributed by atoms with van der Waals surface area (Å²) in [5.74, 6) is 0.0660. The number of amides is 1. The van der Waals surface area contributed by atoms with E-state index in [1.165, 1.54) is 16.7 Å². The van der Waals surface area contributed by atoms with Crippen molar-refractivity contribution in [2.75, 3.05) is 5.32 Å². The Morgan fingerprint density at radius 1 is 1.10 bits per heavy atom. The van der Waals surface area contributed by atoms with E-state index in [1.807, 2.05) is 19.9 Å². The highest BCUT2D eigenvalue weighted by Crippen LogP contribution is 2.41. The zero-order valence-electron chi connectivity index (χ0n) is 12.4. The summed E-state index contributed by atoms with van der Waals surface area (Å²) in [4.78, 5) is 12.2. The summed E-state index contributed by atoms with van der Waals surface area (Å²) in [5, 5.41) is 2.95. The number of hydrogen-bond donors (Lipinski definition) is 1. The number of carbonyl (C=O) groups is 1. The molecule has 0 radical (unpaired) electrons. The molecule has 1 atom stereocenters. The van der Waals surface area contributed by atoms with Gasteiger partial charge in [-0.25, -0.2) is 0 Å². The summed E-state index contributed by atoms with van der Waals surface area (Å²) >= 11 is 3.78. The molecule has 1 aliphatic rings. The van der Waals surface area contributed by atoms with Gasteiger partial charge >= 0.3 is 0 Å². The Labute approximate surface area is 133 Å². The third-order valence-electron chi connectivity index (χ3n) is 4.16. The summed E-state index contributed by atoms with van der Waals surface area (Å²) in [6.45, 7) is 6.03. The third-order valence-corrected chi connectivity index (χ3v) is 5.22. The van der Waals surface area contributed by atoms with Gasteiger partial charge in [0, 0.05) is 5.69 Å². The first kappa shape index (κ1) is 14.3. The second-order valence-corrected chi connectivity index (χ2v) is 7.08. The lowest BCUT2D eigenvalue weighted by Crippen LogP contribution is -2.26. The lowest BCUT2D eigenvalue weighted by molar-refractivity contribution is -0.119. The van der Waals surface area contributed by atoms with Gasteiger partial charge in [-0.1, -0.05) is 57.9 Å². The van der Waals surface area contributed by atoms with Gasteiger partial charge in [0.25, 0.3) is 0 Å². The summed E-state index contributed by atoms with van der Waals surface area (Å²) in [6.07, 6.45) is 0. The minimum absolute atomic E-state index is 0.0660. The van der Waals surface area contributed by atoms with Crippen molar-refractivity contribution in [1.82, 2.24) is 0 Å². The Bertz CT molecular complexity index is 721. The second-order valence-electron chi connectivity index (χ2n) is 6.16. The van der Waals surface area contributed by atoms with E-state index in [0.717, 1.165) is 11.3 Å². The Balaban J connectivity index is 2.02. The fourth-order valence-corrected chi connectivity index (χ4v) is 3.34. The Hall–Kier alpha value is -1.61. The van der Waals surface area contributed by atoms with Crippen LogP contribution < -0.4 is 5.32 Å². The number of fused-ring (bicyclic) bond motifs is 1. The normalized spacial score (nSPS) is 17.2. The predicted octanol–water partition coefficient (Wildman–Crippen LogP) is 4.71. The smallest absolute Gasteiger partial charge is 0.234 e. The van der Waals surface area contributed by atoms with Gasteiger partial charge in [0.1, 0.15) is 0 Å². The topological polar surface area (TPSA) is 29.1 Å². The zero-order valence-corrected chi connectivity index (χ0v) is 14.0. The average Bonchev–Trinajstić information content (AvgIpc) is 2.68. The Morgan fingerprint density at radius 3 is 2.52 bits per heavy atom. The van der Waals surface area contributed by atoms with Crippen molar-refractivity contribution < 1.29 is 4.79 Å². The summed E-state index contributed by atoms with van der Waals surface area (Å²) in [6, 6.07) is 14.7. The van der Waals surface area contributed by atoms with E-state index in [4.69, 9.17) is 0 Å². The third kappa shape index (κ3) is 2.40. The van der Waals surface area contributed by atoms with E-state index in [9.17, 15) is 4.79 Å². The number of carbonyl (C=O) groups excluding carboxylic acids is 1. The van der Waals surface area contributed by atoms with Crippen LogP contribution in [0.25, 0.3) is 0 Å². The standard InChI is InChI=1S/C18H18BrNO/c1-11-5-4-6-12(9-11)16(19)13-7-8-15-14(10-13)18(2,3)17(21)20-15/h4-10,16H,1-3H3,(H,20,21). The maximum absolute atomic E-state index is 12.0. The molecule has 1 N–H and O–H groups in total. The Morgan fingerprint density at radius 2 is 1.81 bits per heavy atom. The maximum atomic E-state index is 12.0. The van der Waals surface area contributed by atoms with Crippen LogP contribution >= 0.6 is 15.9 Å². The summed E-state index contributed by atoms with van der Waals surface area (Å²) in [5.41, 5.74) is 5.18. The van der Waals surface area contributed by atoms with Crippen LogP contribution in [0.2, 0.25) is 0 Å². The van der Waals surface area contributed by atoms with Crippen LogP contribution in [0.1, 0.15) is 40.9 Å². The van der Waals surface area contributed by atoms with Gasteiger partial charge < -0.3 is 5.32 Å². The molecular formula is C18H18BrNO. The average molecular weight is 344 g/mol. The molecule has 21 heavy (non-hydrogen) atoms. The van der Waals surface area contributed by atoms with E-state index < -0.39 is 5.41 Å². The maximum Gasteiger partial charge on any atom is 0.234 e. The van der Waals surface area contributed by atoms with Gasteiger partial charge in [-0.2, -0.15) is 0 Å². The monoisotopic (exact) mass is 343 g/mol. The molecule has 0 bridgehead atoms. The fourth-order valence-electron chi connectivity index (χ4n) is 2.77. The highest BCUT2D eigenvalue weighted by atomic mass is 79.9. The molecule has 2 nitrogen and oxygen atoms in total. The number of halogens is 1. The van der Waals surface area contributed by atoms with E-state index in [0.29, 0.717) is 0 Å². The van der Waals surface area contributed by atoms with Crippen LogP contribution in [0.15, 0.2) is 42.5 Å². The highest BCUT2D eigenvalue weighted by Gasteiger charge is 2.38. The lowest BCUT2D eigenvalue weighted by Gasteiger charge is -2.18. The van der Waals surface area contributed by atoms with E-state index in [-0.39, 0.29) is 10.7 Å². The van der Waals surface area contributed by atoms with Crippen LogP contribution in [0.4, 0.5) is 5.69 Å². The van der Waals surface area contributed by atoms with E-state index in [1.54, 1.807) is 0 Å². The van der Waals surface area contributed by atoms with Crippen molar-refractivity contribution in [2.24, 2.45) is 0 Å². The van der Waals surface area contributed by atoms with Crippen molar-refractivity contribution in [3.05, 3.63) is 64.7 Å². The molecule has 0 saturated carbocycles. The first-order valence-electron chi connectivity index (χ1n) is 7.06. The number of aryl methyl sites for hydroxylation is 1. The molecule has 1 amide bonds. The van der Waals surface area contributed by atoms with E-state index in [2.05, 4.69) is 64.6 Å². The van der Waals surface area contributed by atoms with Gasteiger partial charge in [0.2, 0.25) is 5.91 Å². The van der Waals surface area contributed by atoms with Crippen molar-refractivity contribution in [3.63, 3.8) is 0 Å². The highest BCUT2D eigenvalue weighted by molar-refractivity contribution is 9.09. The molecule has 108 valence electrons. The number of nitrogens with one attached hydrogen (secondary N) is 1. The number of rotatable bonds is 2. The molecule has 0 aromatic heterocycles. The van der Waals surface area contributed by atoms with Crippen molar-refractivity contribution in [2.45, 2.75) is 31.0 Å². The number of alkyl halides is 1. The molecule has 0 aliphatic carbocycles. The number of benzene rings is 2. The summed E-state index contributed by atoms with van der Waals surface area (Å²) in [7, 11) is 0. The molecular weight excluding hydrogens is 326 g/mol. The predicted molar refractivity (Wildman–Crippen MR) is 90.0 cm³/mol. The van der Waals surface area contributed by atoms with Gasteiger partial charge in [0.15, 0.2) is 0 Å². The van der Waals surface area contributed by atoms with Crippen molar-refractivity contribution in [3.8, 4) is 0 Å². The van der Waals surface area contributed by atoms with Crippen LogP contribution in [0, 0.1) is 6.92 Å². The van der Waals surface area contributed by atoms with Gasteiger partial charge in [0.05, 0.1) is 10.2 Å². The second kappa shape index (κ2) is 4.99. The number of hydrogen-bond acceptors (Lipinski definition) is 1. The fraction of sp³-hybridized carbons (Fsp3) is 0.278. The molecule has 2 aromatic carbocycles. The molecule has 3 rings (SSSR count). The first-order chi connectivity index (χ1) is 9.89. The van der Waals surface area contributed by atoms with E-state index >= 15 is 0 Å². The van der Waals surface area contributed by atoms with Crippen LogP contribution in [-0.4, -0.2) is 5.91 Å². The SMILES string of the molecule is Cc1cccc(C(Br)c2ccc3c(c2)C(C)(C)C(=O)N3)c1. The lowest BCUT2D eigenvalue weighted by atomic mass is 9.85. The molecule has 1 unspecified atom stereocenters. The summed E-state index contributed by atoms with van der Waals surface area (Å²) < 4.78 is 0. The van der Waals surface area contributed by atoms with Crippen LogP contribution in [0.3, 0.4) is 0 Å². The Kier molecular flexibility index (Phi) is 3.40. The quantitative estimate of drug-likeness (QED) is 0.786. The van der Waals surface area contributed by atoms with Gasteiger partial charge in [-0.3, -0.25) is 4.79 Å². The molecule has 0 spiro atoms. The van der Waals surface area contributed by atoms with Crippen LogP contribution in [0.5, 0.6) is 0 Å². The minimum atomic E-state index is -0.468. The minimum Gasteiger partial charge on any atom is -0.325 e. The zero-order chi connectivity index (χ0) is 15.2. The number of anilines is 1. The molecule has 1 aliphatic heterocycles. The molecule has 0 fully saturated rings. The van der Waals surface area contributed by atoms with Gasteiger partial charge in [-0.05, 0) is 43.5 Å². The molecule has 1 heterocycles. The molecule has 0 saturated heterocycles. The first-order valence-corrected chi connectivity index (χ1v) is 7.97. The van der Waals surface area contributed by atoms with Crippen molar-refractivity contribution in [1.29, 1.82) is 0 Å². The van der Waals surface area contributed by atoms with Crippen molar-refractivity contribution >= 4 is 27.5 Å². The molecule has 3 heteroatoms. The van der Waals surface area contributed by atoms with Gasteiger partial charge in [-0.15, -0.1) is 0 Å².